The summed E-state index contributed by atoms with van der Waals surface area (Å²) in [5.74, 6) is 2.53. The van der Waals surface area contributed by atoms with Gasteiger partial charge in [0.2, 0.25) is 0 Å². The van der Waals surface area contributed by atoms with Crippen molar-refractivity contribution in [2.45, 2.75) is 12.8 Å². The molecule has 0 saturated heterocycles. The summed E-state index contributed by atoms with van der Waals surface area (Å²) in [5.41, 5.74) is 3.47. The Morgan fingerprint density at radius 2 is 2.35 bits per heavy atom. The number of hydrogen-bond donors (Lipinski definition) is 1. The van der Waals surface area contributed by atoms with Crippen LogP contribution < -0.4 is 4.74 Å². The lowest BCUT2D eigenvalue weighted by Gasteiger charge is -2.01. The molecule has 0 saturated carbocycles. The average molecular weight is 249 g/mol. The third-order valence-corrected chi connectivity index (χ3v) is 3.15. The van der Waals surface area contributed by atoms with Crippen molar-refractivity contribution in [3.63, 3.8) is 0 Å². The summed E-state index contributed by atoms with van der Waals surface area (Å²) in [6.07, 6.45) is 3.63. The second-order valence-corrected chi connectivity index (χ2v) is 4.48. The molecule has 1 aliphatic heterocycles. The summed E-state index contributed by atoms with van der Waals surface area (Å²) in [6.45, 7) is 0.791. The number of halogens is 1. The maximum absolute atomic E-state index is 5.69. The second-order valence-electron chi connectivity index (χ2n) is 4.10. The fourth-order valence-electron chi connectivity index (χ4n) is 2.08. The number of nitrogens with one attached hydrogen (secondary N) is 1. The first-order chi connectivity index (χ1) is 8.36. The van der Waals surface area contributed by atoms with Gasteiger partial charge in [-0.1, -0.05) is 0 Å². The Hall–Kier alpha value is -1.48. The van der Waals surface area contributed by atoms with Crippen molar-refractivity contribution >= 4 is 11.6 Å². The summed E-state index contributed by atoms with van der Waals surface area (Å²) in [7, 11) is 0. The van der Waals surface area contributed by atoms with E-state index in [0.717, 1.165) is 42.3 Å². The van der Waals surface area contributed by atoms with Crippen LogP contribution in [0.2, 0.25) is 0 Å². The smallest absolute Gasteiger partial charge is 0.122 e. The molecular formula is C13H13ClN2O. The first-order valence-electron chi connectivity index (χ1n) is 5.73. The highest BCUT2D eigenvalue weighted by molar-refractivity contribution is 6.17. The van der Waals surface area contributed by atoms with Gasteiger partial charge in [0.15, 0.2) is 0 Å². The van der Waals surface area contributed by atoms with Crippen LogP contribution in [-0.2, 0) is 12.8 Å². The van der Waals surface area contributed by atoms with Gasteiger partial charge in [-0.3, -0.25) is 0 Å². The van der Waals surface area contributed by atoms with Crippen LogP contribution in [0.1, 0.15) is 11.4 Å². The predicted molar refractivity (Wildman–Crippen MR) is 67.6 cm³/mol. The third kappa shape index (κ3) is 2.03. The minimum Gasteiger partial charge on any atom is -0.493 e. The van der Waals surface area contributed by atoms with Crippen molar-refractivity contribution in [2.75, 3.05) is 12.5 Å². The largest absolute Gasteiger partial charge is 0.493 e. The van der Waals surface area contributed by atoms with Crippen LogP contribution in [-0.4, -0.2) is 22.5 Å². The number of ether oxygens (including phenoxy) is 1. The molecule has 0 unspecified atom stereocenters. The molecule has 88 valence electrons. The minimum absolute atomic E-state index is 0.588. The number of aromatic amines is 1. The molecular weight excluding hydrogens is 236 g/mol. The maximum Gasteiger partial charge on any atom is 0.122 e. The van der Waals surface area contributed by atoms with E-state index in [-0.39, 0.29) is 0 Å². The van der Waals surface area contributed by atoms with Gasteiger partial charge >= 0.3 is 0 Å². The zero-order valence-corrected chi connectivity index (χ0v) is 10.1. The van der Waals surface area contributed by atoms with Crippen LogP contribution in [0.25, 0.3) is 11.3 Å². The normalized spacial score (nSPS) is 13.5. The van der Waals surface area contributed by atoms with E-state index >= 15 is 0 Å². The highest BCUT2D eigenvalue weighted by Gasteiger charge is 2.13. The molecule has 17 heavy (non-hydrogen) atoms. The number of H-pyrrole nitrogens is 1. The standard InChI is InChI=1S/C13H13ClN2O/c14-5-3-13-15-8-11(16-13)9-1-2-12-10(7-9)4-6-17-12/h1-2,7-8H,3-6H2,(H,15,16). The molecule has 0 amide bonds. The van der Waals surface area contributed by atoms with Gasteiger partial charge in [0.25, 0.3) is 0 Å². The van der Waals surface area contributed by atoms with Gasteiger partial charge in [0, 0.05) is 24.3 Å². The molecule has 3 nitrogen and oxygen atoms in total. The second kappa shape index (κ2) is 4.41. The highest BCUT2D eigenvalue weighted by atomic mass is 35.5. The summed E-state index contributed by atoms with van der Waals surface area (Å²) in [6, 6.07) is 6.25. The van der Waals surface area contributed by atoms with Crippen molar-refractivity contribution in [1.29, 1.82) is 0 Å². The van der Waals surface area contributed by atoms with Crippen molar-refractivity contribution < 1.29 is 4.74 Å². The van der Waals surface area contributed by atoms with E-state index in [2.05, 4.69) is 22.1 Å². The molecule has 0 bridgehead atoms. The van der Waals surface area contributed by atoms with Gasteiger partial charge in [-0.2, -0.15) is 0 Å². The van der Waals surface area contributed by atoms with E-state index in [0.29, 0.717) is 5.88 Å². The molecule has 2 heterocycles. The Morgan fingerprint density at radius 3 is 3.24 bits per heavy atom. The van der Waals surface area contributed by atoms with Gasteiger partial charge in [-0.15, -0.1) is 11.6 Å². The zero-order valence-electron chi connectivity index (χ0n) is 9.37. The fraction of sp³-hybridized carbons (Fsp3) is 0.308. The molecule has 0 aliphatic carbocycles. The first-order valence-corrected chi connectivity index (χ1v) is 6.26. The van der Waals surface area contributed by atoms with Crippen LogP contribution in [0, 0.1) is 0 Å². The molecule has 0 fully saturated rings. The minimum atomic E-state index is 0.588. The van der Waals surface area contributed by atoms with E-state index in [1.807, 2.05) is 12.3 Å². The average Bonchev–Trinajstić information content (AvgIpc) is 2.96. The molecule has 1 N–H and O–H groups in total. The number of nitrogens with zero attached hydrogens (tertiary/aromatic N) is 1. The fourth-order valence-corrected chi connectivity index (χ4v) is 2.26. The lowest BCUT2D eigenvalue weighted by molar-refractivity contribution is 0.357. The summed E-state index contributed by atoms with van der Waals surface area (Å²) in [4.78, 5) is 7.59. The molecule has 3 rings (SSSR count). The van der Waals surface area contributed by atoms with Crippen LogP contribution in [0.3, 0.4) is 0 Å². The Kier molecular flexibility index (Phi) is 2.77. The van der Waals surface area contributed by atoms with Crippen LogP contribution in [0.15, 0.2) is 24.4 Å². The first kappa shape index (κ1) is 10.7. The van der Waals surface area contributed by atoms with Crippen molar-refractivity contribution in [2.24, 2.45) is 0 Å². The lowest BCUT2D eigenvalue weighted by Crippen LogP contribution is -1.88. The predicted octanol–water partition coefficient (Wildman–Crippen LogP) is 2.79. The van der Waals surface area contributed by atoms with Gasteiger partial charge in [-0.05, 0) is 23.8 Å². The molecule has 0 atom stereocenters. The number of imidazole rings is 1. The van der Waals surface area contributed by atoms with Crippen molar-refractivity contribution in [3.8, 4) is 17.0 Å². The SMILES string of the molecule is ClCCc1ncc(-c2ccc3c(c2)CCO3)[nH]1. The maximum atomic E-state index is 5.69. The van der Waals surface area contributed by atoms with Crippen LogP contribution >= 0.6 is 11.6 Å². The number of alkyl halides is 1. The van der Waals surface area contributed by atoms with E-state index in [1.165, 1.54) is 5.56 Å². The number of benzene rings is 1. The molecule has 0 spiro atoms. The molecule has 1 aliphatic rings. The van der Waals surface area contributed by atoms with Crippen LogP contribution in [0.4, 0.5) is 0 Å². The van der Waals surface area contributed by atoms with Gasteiger partial charge in [-0.25, -0.2) is 4.98 Å². The van der Waals surface area contributed by atoms with Crippen molar-refractivity contribution in [3.05, 3.63) is 35.8 Å². The van der Waals surface area contributed by atoms with E-state index < -0.39 is 0 Å². The Morgan fingerprint density at radius 1 is 1.41 bits per heavy atom. The number of hydrogen-bond acceptors (Lipinski definition) is 2. The summed E-state index contributed by atoms with van der Waals surface area (Å²) >= 11 is 5.69. The van der Waals surface area contributed by atoms with E-state index in [4.69, 9.17) is 16.3 Å². The number of fused-ring (bicyclic) bond motifs is 1. The summed E-state index contributed by atoms with van der Waals surface area (Å²) in [5, 5.41) is 0. The molecule has 0 radical (unpaired) electrons. The number of rotatable bonds is 3. The van der Waals surface area contributed by atoms with E-state index in [9.17, 15) is 0 Å². The van der Waals surface area contributed by atoms with E-state index in [1.54, 1.807) is 0 Å². The van der Waals surface area contributed by atoms with Gasteiger partial charge < -0.3 is 9.72 Å². The van der Waals surface area contributed by atoms with Crippen LogP contribution in [0.5, 0.6) is 5.75 Å². The van der Waals surface area contributed by atoms with Gasteiger partial charge in [0.05, 0.1) is 18.5 Å². The Bertz CT molecular complexity index is 536. The molecule has 1 aromatic heterocycles. The Balaban J connectivity index is 1.92. The topological polar surface area (TPSA) is 37.9 Å². The summed E-state index contributed by atoms with van der Waals surface area (Å²) < 4.78 is 5.49. The third-order valence-electron chi connectivity index (χ3n) is 2.96. The van der Waals surface area contributed by atoms with Crippen molar-refractivity contribution in [1.82, 2.24) is 9.97 Å². The number of aryl methyl sites for hydroxylation is 1. The Labute approximate surface area is 105 Å². The monoisotopic (exact) mass is 248 g/mol. The lowest BCUT2D eigenvalue weighted by atomic mass is 10.1. The van der Waals surface area contributed by atoms with Gasteiger partial charge in [0.1, 0.15) is 11.6 Å². The molecule has 4 heteroatoms. The molecule has 1 aromatic carbocycles. The zero-order chi connectivity index (χ0) is 11.7. The number of aromatic nitrogens is 2. The molecule has 2 aromatic rings. The quantitative estimate of drug-likeness (QED) is 0.849. The highest BCUT2D eigenvalue weighted by Crippen LogP contribution is 2.29.